The van der Waals surface area contributed by atoms with E-state index >= 15 is 0 Å². The van der Waals surface area contributed by atoms with Crippen LogP contribution in [0.2, 0.25) is 0 Å². The number of rotatable bonds is 8. The normalized spacial score (nSPS) is 18.7. The van der Waals surface area contributed by atoms with Gasteiger partial charge >= 0.3 is 5.97 Å². The Balaban J connectivity index is 2.05. The van der Waals surface area contributed by atoms with Gasteiger partial charge in [0.2, 0.25) is 0 Å². The predicted octanol–water partition coefficient (Wildman–Crippen LogP) is 1.02. The van der Waals surface area contributed by atoms with Crippen molar-refractivity contribution in [2.24, 2.45) is 0 Å². The second kappa shape index (κ2) is 7.82. The lowest BCUT2D eigenvalue weighted by Gasteiger charge is -2.37. The van der Waals surface area contributed by atoms with E-state index < -0.39 is 11.6 Å². The fourth-order valence-corrected chi connectivity index (χ4v) is 2.51. The zero-order valence-electron chi connectivity index (χ0n) is 12.3. The number of hydrogen-bond acceptors (Lipinski definition) is 4. The molecule has 0 radical (unpaired) electrons. The zero-order valence-corrected chi connectivity index (χ0v) is 12.3. The van der Waals surface area contributed by atoms with Crippen LogP contribution in [-0.2, 0) is 4.79 Å². The highest BCUT2D eigenvalue weighted by Gasteiger charge is 2.22. The molecule has 2 N–H and O–H groups in total. The summed E-state index contributed by atoms with van der Waals surface area (Å²) in [4.78, 5) is 15.1. The third kappa shape index (κ3) is 8.18. The van der Waals surface area contributed by atoms with Gasteiger partial charge in [-0.1, -0.05) is 6.42 Å². The number of unbranched alkanes of at least 4 members (excludes halogenated alkanes) is 2. The average Bonchev–Trinajstić information content (AvgIpc) is 2.28. The van der Waals surface area contributed by atoms with Gasteiger partial charge in [0.25, 0.3) is 0 Å². The molecular weight excluding hydrogens is 244 g/mol. The molecule has 0 aromatic carbocycles. The molecule has 0 bridgehead atoms. The van der Waals surface area contributed by atoms with Gasteiger partial charge in [0, 0.05) is 39.1 Å². The van der Waals surface area contributed by atoms with Crippen LogP contribution >= 0.6 is 0 Å². The van der Waals surface area contributed by atoms with Crippen LogP contribution in [0.15, 0.2) is 0 Å². The molecule has 0 saturated carbocycles. The largest absolute Gasteiger partial charge is 0.481 e. The number of nitrogens with zero attached hydrogens (tertiary/aromatic N) is 2. The molecule has 1 aliphatic rings. The van der Waals surface area contributed by atoms with Crippen LogP contribution in [-0.4, -0.2) is 70.9 Å². The second-order valence-corrected chi connectivity index (χ2v) is 6.13. The van der Waals surface area contributed by atoms with E-state index in [-0.39, 0.29) is 0 Å². The van der Waals surface area contributed by atoms with Crippen LogP contribution in [0.25, 0.3) is 0 Å². The van der Waals surface area contributed by atoms with Crippen molar-refractivity contribution < 1.29 is 15.0 Å². The lowest BCUT2D eigenvalue weighted by atomic mass is 10.1. The first-order chi connectivity index (χ1) is 8.87. The van der Waals surface area contributed by atoms with E-state index in [4.69, 9.17) is 5.11 Å². The first kappa shape index (κ1) is 16.4. The van der Waals surface area contributed by atoms with Crippen molar-refractivity contribution in [1.82, 2.24) is 9.80 Å². The maximum Gasteiger partial charge on any atom is 0.303 e. The van der Waals surface area contributed by atoms with E-state index in [2.05, 4.69) is 9.80 Å². The summed E-state index contributed by atoms with van der Waals surface area (Å²) in [6.07, 6.45) is 3.16. The molecule has 1 saturated heterocycles. The fourth-order valence-electron chi connectivity index (χ4n) is 2.51. The third-order valence-corrected chi connectivity index (χ3v) is 3.44. The van der Waals surface area contributed by atoms with Gasteiger partial charge in [0.05, 0.1) is 5.60 Å². The summed E-state index contributed by atoms with van der Waals surface area (Å²) in [5.74, 6) is -0.694. The topological polar surface area (TPSA) is 64.0 Å². The van der Waals surface area contributed by atoms with Crippen LogP contribution in [0, 0.1) is 0 Å². The van der Waals surface area contributed by atoms with Crippen molar-refractivity contribution in [3.63, 3.8) is 0 Å². The Kier molecular flexibility index (Phi) is 6.75. The molecule has 0 amide bonds. The minimum Gasteiger partial charge on any atom is -0.481 e. The Bertz CT molecular complexity index is 268. The van der Waals surface area contributed by atoms with E-state index in [1.54, 1.807) is 0 Å². The number of carboxylic acid groups (broad SMARTS) is 1. The number of carbonyl (C=O) groups is 1. The van der Waals surface area contributed by atoms with Gasteiger partial charge in [0.15, 0.2) is 0 Å². The number of carboxylic acids is 1. The molecule has 0 unspecified atom stereocenters. The minimum absolute atomic E-state index is 0.291. The lowest BCUT2D eigenvalue weighted by molar-refractivity contribution is -0.137. The summed E-state index contributed by atoms with van der Waals surface area (Å²) in [6, 6.07) is 0. The molecule has 0 aromatic rings. The highest BCUT2D eigenvalue weighted by Crippen LogP contribution is 2.10. The van der Waals surface area contributed by atoms with Crippen LogP contribution in [0.1, 0.15) is 39.5 Å². The summed E-state index contributed by atoms with van der Waals surface area (Å²) in [5, 5.41) is 18.3. The van der Waals surface area contributed by atoms with E-state index in [1.807, 2.05) is 13.8 Å². The first-order valence-corrected chi connectivity index (χ1v) is 7.26. The van der Waals surface area contributed by atoms with E-state index in [0.29, 0.717) is 6.42 Å². The van der Waals surface area contributed by atoms with Gasteiger partial charge in [-0.15, -0.1) is 0 Å². The molecular formula is C14H28N2O3. The Morgan fingerprint density at radius 2 is 1.63 bits per heavy atom. The van der Waals surface area contributed by atoms with Crippen molar-refractivity contribution in [1.29, 1.82) is 0 Å². The van der Waals surface area contributed by atoms with Crippen LogP contribution in [0.3, 0.4) is 0 Å². The molecule has 0 atom stereocenters. The Labute approximate surface area is 116 Å². The van der Waals surface area contributed by atoms with Gasteiger partial charge in [0.1, 0.15) is 0 Å². The van der Waals surface area contributed by atoms with Crippen molar-refractivity contribution in [2.45, 2.75) is 45.1 Å². The standard InChI is InChI=1S/C14H28N2O3/c1-14(2,19)12-16-10-8-15(9-11-16)7-5-3-4-6-13(17)18/h19H,3-12H2,1-2H3,(H,17,18). The molecule has 0 spiro atoms. The predicted molar refractivity (Wildman–Crippen MR) is 75.3 cm³/mol. The quantitative estimate of drug-likeness (QED) is 0.646. The SMILES string of the molecule is CC(C)(O)CN1CCN(CCCCCC(=O)O)CC1. The van der Waals surface area contributed by atoms with Crippen LogP contribution < -0.4 is 0 Å². The molecule has 1 heterocycles. The molecule has 112 valence electrons. The molecule has 1 rings (SSSR count). The third-order valence-electron chi connectivity index (χ3n) is 3.44. The van der Waals surface area contributed by atoms with Crippen molar-refractivity contribution in [2.75, 3.05) is 39.3 Å². The maximum atomic E-state index is 10.4. The molecule has 1 fully saturated rings. The van der Waals surface area contributed by atoms with Gasteiger partial charge < -0.3 is 15.1 Å². The average molecular weight is 272 g/mol. The van der Waals surface area contributed by atoms with Gasteiger partial charge in [-0.2, -0.15) is 0 Å². The summed E-state index contributed by atoms with van der Waals surface area (Å²) >= 11 is 0. The molecule has 0 aromatic heterocycles. The van der Waals surface area contributed by atoms with Crippen molar-refractivity contribution in [3.05, 3.63) is 0 Å². The summed E-state index contributed by atoms with van der Waals surface area (Å²) in [6.45, 7) is 9.63. The number of hydrogen-bond donors (Lipinski definition) is 2. The number of aliphatic carboxylic acids is 1. The molecule has 1 aliphatic heterocycles. The molecule has 5 heteroatoms. The molecule has 0 aliphatic carbocycles. The first-order valence-electron chi connectivity index (χ1n) is 7.26. The number of piperazine rings is 1. The lowest BCUT2D eigenvalue weighted by Crippen LogP contribution is -2.50. The summed E-state index contributed by atoms with van der Waals surface area (Å²) in [7, 11) is 0. The summed E-state index contributed by atoms with van der Waals surface area (Å²) < 4.78 is 0. The fraction of sp³-hybridized carbons (Fsp3) is 0.929. The molecule has 19 heavy (non-hydrogen) atoms. The van der Waals surface area contributed by atoms with E-state index in [0.717, 1.165) is 58.5 Å². The Morgan fingerprint density at radius 3 is 2.16 bits per heavy atom. The van der Waals surface area contributed by atoms with Gasteiger partial charge in [-0.3, -0.25) is 9.69 Å². The van der Waals surface area contributed by atoms with E-state index in [9.17, 15) is 9.90 Å². The molecule has 5 nitrogen and oxygen atoms in total. The zero-order chi connectivity index (χ0) is 14.3. The van der Waals surface area contributed by atoms with Crippen LogP contribution in [0.4, 0.5) is 0 Å². The van der Waals surface area contributed by atoms with Crippen molar-refractivity contribution >= 4 is 5.97 Å². The second-order valence-electron chi connectivity index (χ2n) is 6.13. The number of aliphatic hydroxyl groups is 1. The number of β-amino-alcohol motifs (C(OH)–C–C–N with tert-alkyl or cyclic N) is 1. The van der Waals surface area contributed by atoms with Crippen molar-refractivity contribution in [3.8, 4) is 0 Å². The highest BCUT2D eigenvalue weighted by atomic mass is 16.4. The monoisotopic (exact) mass is 272 g/mol. The highest BCUT2D eigenvalue weighted by molar-refractivity contribution is 5.66. The van der Waals surface area contributed by atoms with Crippen LogP contribution in [0.5, 0.6) is 0 Å². The maximum absolute atomic E-state index is 10.4. The minimum atomic E-state index is -0.694. The van der Waals surface area contributed by atoms with E-state index in [1.165, 1.54) is 0 Å². The van der Waals surface area contributed by atoms with Gasteiger partial charge in [-0.25, -0.2) is 0 Å². The summed E-state index contributed by atoms with van der Waals surface area (Å²) in [5.41, 5.74) is -0.612. The van der Waals surface area contributed by atoms with Gasteiger partial charge in [-0.05, 0) is 33.2 Å². The Hall–Kier alpha value is -0.650. The smallest absolute Gasteiger partial charge is 0.303 e. The Morgan fingerprint density at radius 1 is 1.05 bits per heavy atom.